The van der Waals surface area contributed by atoms with Gasteiger partial charge in [-0.2, -0.15) is 0 Å². The molecule has 4 rings (SSSR count). The molecule has 156 valence electrons. The molecule has 2 atom stereocenters. The molecule has 0 fully saturated rings. The van der Waals surface area contributed by atoms with Gasteiger partial charge in [0.2, 0.25) is 16.0 Å². The summed E-state index contributed by atoms with van der Waals surface area (Å²) in [6.07, 6.45) is 0.712. The molecule has 1 aliphatic heterocycles. The highest BCUT2D eigenvalue weighted by molar-refractivity contribution is 8.02. The van der Waals surface area contributed by atoms with E-state index in [1.54, 1.807) is 23.9 Å². The smallest absolute Gasteiger partial charge is 0.222 e. The molecule has 30 heavy (non-hydrogen) atoms. The van der Waals surface area contributed by atoms with Crippen LogP contribution in [0.4, 0.5) is 10.8 Å². The molecule has 0 aliphatic carbocycles. The lowest BCUT2D eigenvalue weighted by molar-refractivity contribution is 0.619. The normalized spacial score (nSPS) is 16.7. The minimum absolute atomic E-state index is 0.0199. The quantitative estimate of drug-likeness (QED) is 0.382. The lowest BCUT2D eigenvalue weighted by Gasteiger charge is -2.22. The molecule has 2 aromatic carbocycles. The highest BCUT2D eigenvalue weighted by Crippen LogP contribution is 2.36. The van der Waals surface area contributed by atoms with Gasteiger partial charge in [0.15, 0.2) is 0 Å². The third-order valence-corrected chi connectivity index (χ3v) is 6.81. The lowest BCUT2D eigenvalue weighted by atomic mass is 10.0. The van der Waals surface area contributed by atoms with Gasteiger partial charge in [0.1, 0.15) is 10.4 Å². The second kappa shape index (κ2) is 9.50. The fourth-order valence-corrected chi connectivity index (χ4v) is 5.17. The number of thiol groups is 1. The van der Waals surface area contributed by atoms with Gasteiger partial charge >= 0.3 is 0 Å². The van der Waals surface area contributed by atoms with Crippen LogP contribution in [0.1, 0.15) is 21.5 Å². The van der Waals surface area contributed by atoms with Gasteiger partial charge in [-0.25, -0.2) is 8.42 Å². The predicted octanol–water partition coefficient (Wildman–Crippen LogP) is 3.68. The van der Waals surface area contributed by atoms with Crippen molar-refractivity contribution in [1.82, 2.24) is 15.5 Å². The van der Waals surface area contributed by atoms with Gasteiger partial charge in [0.25, 0.3) is 0 Å². The van der Waals surface area contributed by atoms with Crippen LogP contribution < -0.4 is 15.4 Å². The Morgan fingerprint density at radius 2 is 1.87 bits per heavy atom. The van der Waals surface area contributed by atoms with Crippen molar-refractivity contribution >= 4 is 44.8 Å². The molecule has 7 nitrogen and oxygen atoms in total. The average molecular weight is 460 g/mol. The standard InChI is InChI=1S/C20H21N5O2S3/c1-13-23-24-20(29-13)22-17(11-14-7-9-16(10-8-14)25-30(26)27)18-12-28-19(21-18)15-5-3-2-4-6-15/h2-10,12,17,19,21,30H,11H2,1H3,(H,22,24)(H,25,26,27)/t17-,19?/m0/s1. The highest BCUT2D eigenvalue weighted by atomic mass is 32.2. The summed E-state index contributed by atoms with van der Waals surface area (Å²) in [4.78, 5) is 0. The molecule has 0 saturated carbocycles. The van der Waals surface area contributed by atoms with E-state index in [0.29, 0.717) is 12.1 Å². The number of rotatable bonds is 8. The summed E-state index contributed by atoms with van der Waals surface area (Å²) in [7, 11) is -2.67. The van der Waals surface area contributed by atoms with E-state index in [1.165, 1.54) is 16.9 Å². The van der Waals surface area contributed by atoms with Crippen LogP contribution in [0.25, 0.3) is 0 Å². The van der Waals surface area contributed by atoms with Gasteiger partial charge in [-0.3, -0.25) is 4.72 Å². The zero-order chi connectivity index (χ0) is 20.9. The zero-order valence-corrected chi connectivity index (χ0v) is 18.6. The minimum Gasteiger partial charge on any atom is -0.370 e. The van der Waals surface area contributed by atoms with Crippen LogP contribution in [0.2, 0.25) is 0 Å². The molecular formula is C20H21N5O2S3. The summed E-state index contributed by atoms with van der Waals surface area (Å²) < 4.78 is 24.1. The Labute approximate surface area is 185 Å². The van der Waals surface area contributed by atoms with E-state index in [-0.39, 0.29) is 11.4 Å². The Morgan fingerprint density at radius 3 is 2.53 bits per heavy atom. The Kier molecular flexibility index (Phi) is 6.56. The van der Waals surface area contributed by atoms with Crippen LogP contribution in [0, 0.1) is 6.92 Å². The second-order valence-electron chi connectivity index (χ2n) is 6.74. The molecule has 10 heteroatoms. The van der Waals surface area contributed by atoms with E-state index in [0.717, 1.165) is 21.4 Å². The van der Waals surface area contributed by atoms with E-state index in [2.05, 4.69) is 43.1 Å². The molecule has 0 saturated heterocycles. The van der Waals surface area contributed by atoms with Crippen LogP contribution >= 0.6 is 23.1 Å². The Morgan fingerprint density at radius 1 is 1.10 bits per heavy atom. The largest absolute Gasteiger partial charge is 0.370 e. The molecule has 3 aromatic rings. The summed E-state index contributed by atoms with van der Waals surface area (Å²) in [5.74, 6) is 0. The maximum absolute atomic E-state index is 10.8. The Bertz CT molecular complexity index is 1090. The van der Waals surface area contributed by atoms with Crippen LogP contribution in [0.5, 0.6) is 0 Å². The van der Waals surface area contributed by atoms with Gasteiger partial charge in [-0.05, 0) is 42.0 Å². The van der Waals surface area contributed by atoms with Gasteiger partial charge in [-0.15, -0.1) is 22.0 Å². The number of hydrogen-bond acceptors (Lipinski definition) is 8. The van der Waals surface area contributed by atoms with Crippen molar-refractivity contribution in [3.8, 4) is 0 Å². The summed E-state index contributed by atoms with van der Waals surface area (Å²) in [5.41, 5.74) is 3.95. The topological polar surface area (TPSA) is 96.0 Å². The van der Waals surface area contributed by atoms with Gasteiger partial charge in [-0.1, -0.05) is 53.8 Å². The van der Waals surface area contributed by atoms with Crippen LogP contribution in [0.3, 0.4) is 0 Å². The van der Waals surface area contributed by atoms with Gasteiger partial charge < -0.3 is 10.6 Å². The molecule has 0 bridgehead atoms. The summed E-state index contributed by atoms with van der Waals surface area (Å²) in [6, 6.07) is 17.7. The first kappa shape index (κ1) is 20.7. The van der Waals surface area contributed by atoms with Crippen molar-refractivity contribution in [3.05, 3.63) is 81.8 Å². The van der Waals surface area contributed by atoms with Crippen molar-refractivity contribution in [2.75, 3.05) is 10.0 Å². The number of thioether (sulfide) groups is 1. The number of benzene rings is 2. The minimum atomic E-state index is -2.67. The first-order chi connectivity index (χ1) is 14.6. The lowest BCUT2D eigenvalue weighted by Crippen LogP contribution is -2.31. The number of nitrogens with one attached hydrogen (secondary N) is 3. The predicted molar refractivity (Wildman–Crippen MR) is 124 cm³/mol. The van der Waals surface area contributed by atoms with E-state index < -0.39 is 10.9 Å². The Balaban J connectivity index is 1.51. The third-order valence-electron chi connectivity index (χ3n) is 4.54. The van der Waals surface area contributed by atoms with Crippen molar-refractivity contribution in [1.29, 1.82) is 0 Å². The third kappa shape index (κ3) is 5.32. The van der Waals surface area contributed by atoms with Gasteiger partial charge in [0, 0.05) is 11.4 Å². The van der Waals surface area contributed by atoms with Crippen molar-refractivity contribution in [2.24, 2.45) is 0 Å². The molecule has 2 heterocycles. The number of nitrogens with zero attached hydrogens (tertiary/aromatic N) is 2. The Hall–Kier alpha value is -2.56. The zero-order valence-electron chi connectivity index (χ0n) is 16.1. The first-order valence-corrected chi connectivity index (χ1v) is 12.2. The van der Waals surface area contributed by atoms with E-state index in [1.807, 2.05) is 37.3 Å². The summed E-state index contributed by atoms with van der Waals surface area (Å²) in [6.45, 7) is 1.93. The fraction of sp³-hybridized carbons (Fsp3) is 0.200. The summed E-state index contributed by atoms with van der Waals surface area (Å²) >= 11 is 3.26. The van der Waals surface area contributed by atoms with Crippen LogP contribution in [-0.4, -0.2) is 24.7 Å². The number of aryl methyl sites for hydroxylation is 1. The van der Waals surface area contributed by atoms with E-state index >= 15 is 0 Å². The highest BCUT2D eigenvalue weighted by Gasteiger charge is 2.25. The number of aromatic nitrogens is 2. The van der Waals surface area contributed by atoms with Crippen LogP contribution in [-0.2, 0) is 17.3 Å². The van der Waals surface area contributed by atoms with Crippen molar-refractivity contribution in [3.63, 3.8) is 0 Å². The maximum atomic E-state index is 10.8. The van der Waals surface area contributed by atoms with Crippen LogP contribution in [0.15, 0.2) is 65.7 Å². The van der Waals surface area contributed by atoms with Gasteiger partial charge in [0.05, 0.1) is 6.04 Å². The first-order valence-electron chi connectivity index (χ1n) is 9.30. The van der Waals surface area contributed by atoms with Crippen molar-refractivity contribution in [2.45, 2.75) is 24.8 Å². The van der Waals surface area contributed by atoms with E-state index in [4.69, 9.17) is 0 Å². The molecule has 1 unspecified atom stereocenters. The average Bonchev–Trinajstić information content (AvgIpc) is 3.38. The SMILES string of the molecule is Cc1nnc(N[C@@H](Cc2ccc(N[SH](=O)=O)cc2)C2=CSC(c3ccccc3)N2)s1. The molecule has 1 aromatic heterocycles. The van der Waals surface area contributed by atoms with E-state index in [9.17, 15) is 8.42 Å². The molecule has 3 N–H and O–H groups in total. The fourth-order valence-electron chi connectivity index (χ4n) is 3.13. The van der Waals surface area contributed by atoms with Crippen molar-refractivity contribution < 1.29 is 8.42 Å². The maximum Gasteiger partial charge on any atom is 0.222 e. The molecule has 0 amide bonds. The molecular weight excluding hydrogens is 438 g/mol. The molecule has 0 spiro atoms. The summed E-state index contributed by atoms with van der Waals surface area (Å²) in [5, 5.41) is 19.4. The monoisotopic (exact) mass is 459 g/mol. The second-order valence-corrected chi connectivity index (χ2v) is 9.64. The number of anilines is 2. The molecule has 0 radical (unpaired) electrons. The number of hydrogen-bond donors (Lipinski definition) is 4. The molecule has 1 aliphatic rings.